The largest absolute Gasteiger partial charge is 0.481 e. The molecule has 2 atom stereocenters. The molecule has 1 aliphatic carbocycles. The molecule has 1 N–H and O–H groups in total. The van der Waals surface area contributed by atoms with Crippen LogP contribution in [0.3, 0.4) is 0 Å². The van der Waals surface area contributed by atoms with Crippen LogP contribution in [0.5, 0.6) is 0 Å². The van der Waals surface area contributed by atoms with Crippen molar-refractivity contribution in [1.82, 2.24) is 0 Å². The van der Waals surface area contributed by atoms with Crippen LogP contribution in [-0.4, -0.2) is 44.1 Å². The Labute approximate surface area is 137 Å². The Morgan fingerprint density at radius 3 is 1.68 bits per heavy atom. The van der Waals surface area contributed by atoms with Gasteiger partial charge >= 0.3 is 17.9 Å². The molecular formula is C11H14I2O6. The van der Waals surface area contributed by atoms with Crippen LogP contribution < -0.4 is 0 Å². The summed E-state index contributed by atoms with van der Waals surface area (Å²) in [5.74, 6) is -2.36. The Hall–Kier alpha value is -0.130. The number of esters is 2. The third-order valence-corrected chi connectivity index (χ3v) is 4.03. The van der Waals surface area contributed by atoms with Gasteiger partial charge in [-0.3, -0.25) is 14.4 Å². The fraction of sp³-hybridized carbons (Fsp3) is 0.727. The van der Waals surface area contributed by atoms with E-state index in [0.29, 0.717) is 6.42 Å². The maximum absolute atomic E-state index is 11.3. The van der Waals surface area contributed by atoms with Crippen molar-refractivity contribution in [3.63, 3.8) is 0 Å². The first-order valence-electron chi connectivity index (χ1n) is 5.70. The van der Waals surface area contributed by atoms with E-state index in [9.17, 15) is 14.4 Å². The quantitative estimate of drug-likeness (QED) is 0.354. The highest BCUT2D eigenvalue weighted by atomic mass is 127. The van der Waals surface area contributed by atoms with Crippen LogP contribution in [0.15, 0.2) is 0 Å². The maximum atomic E-state index is 11.3. The number of rotatable bonds is 5. The third kappa shape index (κ3) is 5.79. The smallest absolute Gasteiger partial charge is 0.316 e. The van der Waals surface area contributed by atoms with Gasteiger partial charge in [0, 0.05) is 6.42 Å². The molecule has 0 aliphatic heterocycles. The lowest BCUT2D eigenvalue weighted by Crippen LogP contribution is -2.38. The normalized spacial score (nSPS) is 26.5. The van der Waals surface area contributed by atoms with Crippen LogP contribution in [0.1, 0.15) is 19.3 Å². The van der Waals surface area contributed by atoms with Crippen LogP contribution in [0.25, 0.3) is 0 Å². The van der Waals surface area contributed by atoms with Gasteiger partial charge in [-0.05, 0) is 12.8 Å². The fourth-order valence-electron chi connectivity index (χ4n) is 2.05. The highest BCUT2D eigenvalue weighted by molar-refractivity contribution is 14.1. The molecule has 1 aliphatic rings. The van der Waals surface area contributed by atoms with Gasteiger partial charge in [0.15, 0.2) is 0 Å². The average molecular weight is 496 g/mol. The van der Waals surface area contributed by atoms with E-state index < -0.39 is 24.1 Å². The van der Waals surface area contributed by atoms with E-state index >= 15 is 0 Å². The molecule has 0 radical (unpaired) electrons. The Morgan fingerprint density at radius 2 is 1.37 bits per heavy atom. The van der Waals surface area contributed by atoms with Gasteiger partial charge in [0.2, 0.25) is 0 Å². The second-order valence-electron chi connectivity index (χ2n) is 4.23. The molecular weight excluding hydrogens is 482 g/mol. The molecule has 0 aromatic carbocycles. The number of carbonyl (C=O) groups excluding carboxylic acids is 2. The van der Waals surface area contributed by atoms with Crippen LogP contribution in [-0.2, 0) is 23.9 Å². The fourth-order valence-corrected chi connectivity index (χ4v) is 2.41. The van der Waals surface area contributed by atoms with Gasteiger partial charge in [0.1, 0.15) is 12.2 Å². The highest BCUT2D eigenvalue weighted by Crippen LogP contribution is 2.29. The second kappa shape index (κ2) is 8.22. The number of carboxylic acid groups (broad SMARTS) is 1. The van der Waals surface area contributed by atoms with Crippen molar-refractivity contribution in [2.24, 2.45) is 5.92 Å². The minimum atomic E-state index is -0.953. The number of aliphatic carboxylic acids is 1. The number of hydrogen-bond donors (Lipinski definition) is 1. The van der Waals surface area contributed by atoms with Gasteiger partial charge in [-0.15, -0.1) is 0 Å². The van der Waals surface area contributed by atoms with Gasteiger partial charge < -0.3 is 14.6 Å². The molecule has 0 aromatic rings. The van der Waals surface area contributed by atoms with Crippen molar-refractivity contribution in [3.8, 4) is 0 Å². The average Bonchev–Trinajstić information content (AvgIpc) is 2.37. The van der Waals surface area contributed by atoms with Crippen molar-refractivity contribution >= 4 is 63.1 Å². The lowest BCUT2D eigenvalue weighted by Gasteiger charge is -2.32. The summed E-state index contributed by atoms with van der Waals surface area (Å²) in [6.45, 7) is 0. The first-order valence-corrected chi connectivity index (χ1v) is 8.75. The highest BCUT2D eigenvalue weighted by Gasteiger charge is 2.36. The van der Waals surface area contributed by atoms with Crippen LogP contribution in [0, 0.1) is 5.92 Å². The molecule has 0 bridgehead atoms. The van der Waals surface area contributed by atoms with Crippen molar-refractivity contribution in [2.45, 2.75) is 31.5 Å². The molecule has 0 aromatic heterocycles. The van der Waals surface area contributed by atoms with Gasteiger partial charge in [-0.2, -0.15) is 0 Å². The first-order chi connectivity index (χ1) is 8.96. The van der Waals surface area contributed by atoms with Crippen LogP contribution in [0.4, 0.5) is 0 Å². The Morgan fingerprint density at radius 1 is 0.947 bits per heavy atom. The molecule has 0 spiro atoms. The van der Waals surface area contributed by atoms with E-state index in [2.05, 4.69) is 0 Å². The third-order valence-electron chi connectivity index (χ3n) is 2.78. The molecule has 8 heteroatoms. The maximum Gasteiger partial charge on any atom is 0.316 e. The van der Waals surface area contributed by atoms with E-state index in [-0.39, 0.29) is 33.6 Å². The van der Waals surface area contributed by atoms with E-state index in [4.69, 9.17) is 14.6 Å². The van der Waals surface area contributed by atoms with Crippen molar-refractivity contribution in [1.29, 1.82) is 0 Å². The van der Waals surface area contributed by atoms with Crippen LogP contribution in [0.2, 0.25) is 0 Å². The van der Waals surface area contributed by atoms with Crippen LogP contribution >= 0.6 is 45.2 Å². The summed E-state index contributed by atoms with van der Waals surface area (Å²) < 4.78 is 10.8. The molecule has 108 valence electrons. The topological polar surface area (TPSA) is 89.9 Å². The van der Waals surface area contributed by atoms with E-state index in [1.54, 1.807) is 0 Å². The SMILES string of the molecule is O=C(CI)OC1CC(OC(=O)CI)CC(C(=O)O)C1. The zero-order valence-corrected chi connectivity index (χ0v) is 14.3. The molecule has 1 saturated carbocycles. The zero-order chi connectivity index (χ0) is 14.4. The Kier molecular flexibility index (Phi) is 7.32. The van der Waals surface area contributed by atoms with Gasteiger partial charge in [-0.1, -0.05) is 45.2 Å². The standard InChI is InChI=1S/C11H14I2O6/c12-4-9(14)18-7-1-6(11(16)17)2-8(3-7)19-10(15)5-13/h6-8H,1-5H2,(H,16,17). The van der Waals surface area contributed by atoms with Gasteiger partial charge in [0.25, 0.3) is 0 Å². The van der Waals surface area contributed by atoms with E-state index in [0.717, 1.165) is 0 Å². The predicted molar refractivity (Wildman–Crippen MR) is 82.5 cm³/mol. The summed E-state index contributed by atoms with van der Waals surface area (Å²) in [5, 5.41) is 9.07. The van der Waals surface area contributed by atoms with E-state index in [1.165, 1.54) is 0 Å². The van der Waals surface area contributed by atoms with E-state index in [1.807, 2.05) is 45.2 Å². The number of alkyl halides is 2. The predicted octanol–water partition coefficient (Wildman–Crippen LogP) is 1.56. The molecule has 19 heavy (non-hydrogen) atoms. The minimum absolute atomic E-state index is 0.213. The molecule has 0 amide bonds. The van der Waals surface area contributed by atoms with Crippen molar-refractivity contribution in [2.75, 3.05) is 8.86 Å². The second-order valence-corrected chi connectivity index (χ2v) is 5.76. The van der Waals surface area contributed by atoms with Crippen molar-refractivity contribution in [3.05, 3.63) is 0 Å². The summed E-state index contributed by atoms with van der Waals surface area (Å²) in [6, 6.07) is 0. The minimum Gasteiger partial charge on any atom is -0.481 e. The number of ether oxygens (including phenoxy) is 2. The summed E-state index contributed by atoms with van der Waals surface area (Å²) in [4.78, 5) is 33.6. The van der Waals surface area contributed by atoms with Crippen molar-refractivity contribution < 1.29 is 29.0 Å². The number of carboxylic acids is 1. The molecule has 2 unspecified atom stereocenters. The lowest BCUT2D eigenvalue weighted by atomic mass is 9.85. The molecule has 6 nitrogen and oxygen atoms in total. The number of hydrogen-bond acceptors (Lipinski definition) is 5. The van der Waals surface area contributed by atoms with Gasteiger partial charge in [-0.25, -0.2) is 0 Å². The monoisotopic (exact) mass is 496 g/mol. The summed E-state index contributed by atoms with van der Waals surface area (Å²) in [7, 11) is 0. The molecule has 0 saturated heterocycles. The van der Waals surface area contributed by atoms with Gasteiger partial charge in [0.05, 0.1) is 14.8 Å². The molecule has 0 heterocycles. The Balaban J connectivity index is 2.64. The summed E-state index contributed by atoms with van der Waals surface area (Å²) in [5.41, 5.74) is 0. The molecule has 1 fully saturated rings. The summed E-state index contributed by atoms with van der Waals surface area (Å²) >= 11 is 3.76. The summed E-state index contributed by atoms with van der Waals surface area (Å²) in [6.07, 6.45) is -0.0752. The first kappa shape index (κ1) is 16.9. The zero-order valence-electron chi connectivity index (χ0n) is 10.0. The number of halogens is 2. The Bertz CT molecular complexity index is 333. The number of carbonyl (C=O) groups is 3. The molecule has 1 rings (SSSR count). The lowest BCUT2D eigenvalue weighted by molar-refractivity contribution is -0.163.